The first-order valence-electron chi connectivity index (χ1n) is 4.62. The largest absolute Gasteiger partial charge is 0.460 e. The van der Waals surface area contributed by atoms with Crippen molar-refractivity contribution in [2.24, 2.45) is 0 Å². The number of esters is 2. The number of carbonyl (C=O) groups is 2. The van der Waals surface area contributed by atoms with Gasteiger partial charge in [-0.05, 0) is 0 Å². The third-order valence-corrected chi connectivity index (χ3v) is 1.36. The zero-order valence-corrected chi connectivity index (χ0v) is 8.85. The number of aliphatic hydroxyl groups is 4. The third-order valence-electron chi connectivity index (χ3n) is 1.36. The van der Waals surface area contributed by atoms with E-state index in [1.54, 1.807) is 0 Å². The molecule has 98 valence electrons. The molecule has 1 atom stereocenters. The van der Waals surface area contributed by atoms with E-state index in [-0.39, 0.29) is 0 Å². The third kappa shape index (κ3) is 9.45. The van der Waals surface area contributed by atoms with Crippen molar-refractivity contribution in [3.8, 4) is 0 Å². The average molecular weight is 250 g/mol. The van der Waals surface area contributed by atoms with E-state index in [1.807, 2.05) is 0 Å². The number of rotatable bonds is 7. The molecule has 0 saturated heterocycles. The van der Waals surface area contributed by atoms with Gasteiger partial charge in [0.25, 0.3) is 0 Å². The Hall–Kier alpha value is -1.48. The Labute approximate surface area is 96.7 Å². The van der Waals surface area contributed by atoms with E-state index in [9.17, 15) is 9.59 Å². The van der Waals surface area contributed by atoms with Crippen LogP contribution in [0.25, 0.3) is 0 Å². The highest BCUT2D eigenvalue weighted by Gasteiger charge is 2.06. The van der Waals surface area contributed by atoms with Gasteiger partial charge >= 0.3 is 11.9 Å². The highest BCUT2D eigenvalue weighted by molar-refractivity contribution is 5.91. The van der Waals surface area contributed by atoms with Gasteiger partial charge in [0.2, 0.25) is 0 Å². The normalized spacial score (nSPS) is 12.8. The van der Waals surface area contributed by atoms with Crippen molar-refractivity contribution in [3.63, 3.8) is 0 Å². The molecular weight excluding hydrogens is 236 g/mol. The Bertz CT molecular complexity index is 272. The van der Waals surface area contributed by atoms with Crippen molar-refractivity contribution >= 4 is 11.9 Å². The van der Waals surface area contributed by atoms with E-state index in [0.29, 0.717) is 0 Å². The van der Waals surface area contributed by atoms with Crippen LogP contribution in [-0.2, 0) is 19.1 Å². The van der Waals surface area contributed by atoms with Crippen LogP contribution >= 0.6 is 0 Å². The number of carbonyl (C=O) groups excluding carboxylic acids is 2. The van der Waals surface area contributed by atoms with Crippen molar-refractivity contribution in [3.05, 3.63) is 12.2 Å². The molecule has 0 aromatic carbocycles. The molecule has 0 rings (SSSR count). The van der Waals surface area contributed by atoms with E-state index in [2.05, 4.69) is 9.47 Å². The van der Waals surface area contributed by atoms with Crippen LogP contribution in [0.1, 0.15) is 0 Å². The van der Waals surface area contributed by atoms with Crippen molar-refractivity contribution in [1.82, 2.24) is 0 Å². The summed E-state index contributed by atoms with van der Waals surface area (Å²) in [5.74, 6) is -1.85. The van der Waals surface area contributed by atoms with Crippen LogP contribution in [0.15, 0.2) is 12.2 Å². The molecule has 4 N–H and O–H groups in total. The molecule has 8 heteroatoms. The van der Waals surface area contributed by atoms with Gasteiger partial charge in [0.15, 0.2) is 6.29 Å². The van der Waals surface area contributed by atoms with Crippen molar-refractivity contribution in [2.45, 2.75) is 12.4 Å². The molecule has 0 aromatic rings. The SMILES string of the molecule is O=C(/C=C\C(=O)OCC(O)CO)OCC(O)O. The van der Waals surface area contributed by atoms with Crippen LogP contribution in [0, 0.1) is 0 Å². The predicted molar refractivity (Wildman–Crippen MR) is 52.4 cm³/mol. The molecule has 0 aliphatic heterocycles. The second-order valence-corrected chi connectivity index (χ2v) is 2.91. The molecule has 8 nitrogen and oxygen atoms in total. The maximum absolute atomic E-state index is 10.9. The van der Waals surface area contributed by atoms with E-state index < -0.39 is 44.2 Å². The van der Waals surface area contributed by atoms with Crippen LogP contribution in [0.4, 0.5) is 0 Å². The minimum Gasteiger partial charge on any atom is -0.460 e. The van der Waals surface area contributed by atoms with E-state index >= 15 is 0 Å². The molecule has 0 radical (unpaired) electrons. The van der Waals surface area contributed by atoms with Crippen molar-refractivity contribution in [2.75, 3.05) is 19.8 Å². The second kappa shape index (κ2) is 8.65. The number of hydrogen-bond acceptors (Lipinski definition) is 8. The van der Waals surface area contributed by atoms with Gasteiger partial charge in [-0.25, -0.2) is 9.59 Å². The zero-order chi connectivity index (χ0) is 13.3. The fourth-order valence-electron chi connectivity index (χ4n) is 0.620. The summed E-state index contributed by atoms with van der Waals surface area (Å²) in [6, 6.07) is 0. The standard InChI is InChI=1S/C9H14O8/c10-3-6(11)4-16-8(14)1-2-9(15)17-5-7(12)13/h1-2,6-7,10-13H,3-5H2/b2-1-. The summed E-state index contributed by atoms with van der Waals surface area (Å²) in [5.41, 5.74) is 0. The molecular formula is C9H14O8. The predicted octanol–water partition coefficient (Wildman–Crippen LogP) is -2.71. The first-order valence-corrected chi connectivity index (χ1v) is 4.62. The highest BCUT2D eigenvalue weighted by atomic mass is 16.6. The summed E-state index contributed by atoms with van der Waals surface area (Å²) >= 11 is 0. The smallest absolute Gasteiger partial charge is 0.331 e. The molecule has 0 spiro atoms. The second-order valence-electron chi connectivity index (χ2n) is 2.91. The van der Waals surface area contributed by atoms with E-state index in [4.69, 9.17) is 20.4 Å². The van der Waals surface area contributed by atoms with Gasteiger partial charge in [0.1, 0.15) is 19.3 Å². The molecule has 0 aromatic heterocycles. The first kappa shape index (κ1) is 15.5. The van der Waals surface area contributed by atoms with Crippen LogP contribution in [0.2, 0.25) is 0 Å². The highest BCUT2D eigenvalue weighted by Crippen LogP contribution is 1.89. The topological polar surface area (TPSA) is 134 Å². The Balaban J connectivity index is 3.82. The Kier molecular flexibility index (Phi) is 7.89. The Morgan fingerprint density at radius 1 is 1.00 bits per heavy atom. The summed E-state index contributed by atoms with van der Waals surface area (Å²) < 4.78 is 8.71. The number of aliphatic hydroxyl groups excluding tert-OH is 3. The lowest BCUT2D eigenvalue weighted by Crippen LogP contribution is -2.21. The Morgan fingerprint density at radius 2 is 1.47 bits per heavy atom. The minimum atomic E-state index is -1.78. The molecule has 0 bridgehead atoms. The average Bonchev–Trinajstić information content (AvgIpc) is 2.30. The van der Waals surface area contributed by atoms with Gasteiger partial charge in [0, 0.05) is 12.2 Å². The molecule has 0 aliphatic carbocycles. The summed E-state index contributed by atoms with van der Waals surface area (Å²) in [6.45, 7) is -1.56. The van der Waals surface area contributed by atoms with Crippen LogP contribution in [0.3, 0.4) is 0 Å². The molecule has 0 aliphatic rings. The fourth-order valence-corrected chi connectivity index (χ4v) is 0.620. The lowest BCUT2D eigenvalue weighted by Gasteiger charge is -2.06. The van der Waals surface area contributed by atoms with E-state index in [1.165, 1.54) is 0 Å². The van der Waals surface area contributed by atoms with Gasteiger partial charge in [0.05, 0.1) is 6.61 Å². The molecule has 0 heterocycles. The van der Waals surface area contributed by atoms with Crippen LogP contribution < -0.4 is 0 Å². The zero-order valence-electron chi connectivity index (χ0n) is 8.85. The molecule has 0 fully saturated rings. The lowest BCUT2D eigenvalue weighted by molar-refractivity contribution is -0.151. The van der Waals surface area contributed by atoms with Crippen molar-refractivity contribution < 1.29 is 39.5 Å². The van der Waals surface area contributed by atoms with Gasteiger partial charge in [-0.15, -0.1) is 0 Å². The first-order chi connectivity index (χ1) is 7.95. The monoisotopic (exact) mass is 250 g/mol. The van der Waals surface area contributed by atoms with Crippen LogP contribution in [-0.4, -0.2) is 64.6 Å². The molecule has 0 saturated carbocycles. The van der Waals surface area contributed by atoms with Gasteiger partial charge in [-0.1, -0.05) is 0 Å². The minimum absolute atomic E-state index is 0.399. The Morgan fingerprint density at radius 3 is 1.88 bits per heavy atom. The summed E-state index contributed by atoms with van der Waals surface area (Å²) in [5, 5.41) is 34.0. The maximum Gasteiger partial charge on any atom is 0.331 e. The summed E-state index contributed by atoms with van der Waals surface area (Å²) in [7, 11) is 0. The molecule has 0 amide bonds. The van der Waals surface area contributed by atoms with Gasteiger partial charge in [-0.2, -0.15) is 0 Å². The lowest BCUT2D eigenvalue weighted by atomic mass is 10.4. The number of hydrogen-bond donors (Lipinski definition) is 4. The fraction of sp³-hybridized carbons (Fsp3) is 0.556. The van der Waals surface area contributed by atoms with E-state index in [0.717, 1.165) is 12.2 Å². The van der Waals surface area contributed by atoms with Gasteiger partial charge in [-0.3, -0.25) is 0 Å². The summed E-state index contributed by atoms with van der Waals surface area (Å²) in [6.07, 6.45) is -1.48. The molecule has 17 heavy (non-hydrogen) atoms. The summed E-state index contributed by atoms with van der Waals surface area (Å²) in [4.78, 5) is 21.7. The molecule has 1 unspecified atom stereocenters. The quantitative estimate of drug-likeness (QED) is 0.218. The van der Waals surface area contributed by atoms with Crippen LogP contribution in [0.5, 0.6) is 0 Å². The number of ether oxygens (including phenoxy) is 2. The van der Waals surface area contributed by atoms with Crippen molar-refractivity contribution in [1.29, 1.82) is 0 Å². The maximum atomic E-state index is 10.9. The van der Waals surface area contributed by atoms with Gasteiger partial charge < -0.3 is 29.9 Å².